The number of anilines is 2. The van der Waals surface area contributed by atoms with E-state index in [-0.39, 0.29) is 11.8 Å². The first kappa shape index (κ1) is 21.7. The molecule has 1 amide bonds. The van der Waals surface area contributed by atoms with Gasteiger partial charge in [-0.1, -0.05) is 61.1 Å². The first-order valence-corrected chi connectivity index (χ1v) is 11.5. The number of amides is 1. The lowest BCUT2D eigenvalue weighted by Gasteiger charge is -2.34. The molecule has 1 aromatic heterocycles. The smallest absolute Gasteiger partial charge is 0.232 e. The molecule has 0 radical (unpaired) electrons. The van der Waals surface area contributed by atoms with Gasteiger partial charge in [0.2, 0.25) is 11.0 Å². The molecule has 0 spiro atoms. The second kappa shape index (κ2) is 9.34. The van der Waals surface area contributed by atoms with Crippen LogP contribution in [0.3, 0.4) is 0 Å². The molecule has 2 heterocycles. The fourth-order valence-corrected chi connectivity index (χ4v) is 4.56. The van der Waals surface area contributed by atoms with Crippen LogP contribution in [0.2, 0.25) is 5.02 Å². The van der Waals surface area contributed by atoms with Crippen molar-refractivity contribution in [3.63, 3.8) is 0 Å². The summed E-state index contributed by atoms with van der Waals surface area (Å²) in [4.78, 5) is 15.6. The highest BCUT2D eigenvalue weighted by Gasteiger charge is 2.39. The van der Waals surface area contributed by atoms with Gasteiger partial charge >= 0.3 is 0 Å². The fraction of sp³-hybridized carbons (Fsp3) is 0.348. The molecule has 1 fully saturated rings. The maximum Gasteiger partial charge on any atom is 0.232 e. The molecule has 1 unspecified atom stereocenters. The van der Waals surface area contributed by atoms with Crippen LogP contribution < -0.4 is 10.2 Å². The molecular weight excluding hydrogens is 432 g/mol. The summed E-state index contributed by atoms with van der Waals surface area (Å²) in [5.74, 6) is -0.280. The van der Waals surface area contributed by atoms with Crippen LogP contribution in [0.1, 0.15) is 30.9 Å². The van der Waals surface area contributed by atoms with Crippen LogP contribution in [0.5, 0.6) is 0 Å². The van der Waals surface area contributed by atoms with Crippen LogP contribution in [0.15, 0.2) is 54.0 Å². The van der Waals surface area contributed by atoms with Crippen LogP contribution in [-0.4, -0.2) is 42.4 Å². The highest BCUT2D eigenvalue weighted by molar-refractivity contribution is 7.13. The lowest BCUT2D eigenvalue weighted by molar-refractivity contribution is -0.124. The van der Waals surface area contributed by atoms with Crippen molar-refractivity contribution in [3.8, 4) is 0 Å². The van der Waals surface area contributed by atoms with Crippen LogP contribution in [-0.2, 0) is 9.53 Å². The molecule has 2 aromatic carbocycles. The van der Waals surface area contributed by atoms with Crippen molar-refractivity contribution in [1.82, 2.24) is 10.2 Å². The van der Waals surface area contributed by atoms with Gasteiger partial charge in [-0.2, -0.15) is 0 Å². The molecule has 1 aliphatic heterocycles. The number of carbonyl (C=O) groups excluding carboxylic acids is 1. The lowest BCUT2D eigenvalue weighted by atomic mass is 9.70. The number of aromatic nitrogens is 2. The number of hydrogen-bond acceptors (Lipinski definition) is 6. The largest absolute Gasteiger partial charge is 0.378 e. The molecule has 1 aliphatic rings. The van der Waals surface area contributed by atoms with E-state index in [1.165, 1.54) is 11.3 Å². The number of carbonyl (C=O) groups is 1. The lowest BCUT2D eigenvalue weighted by Crippen LogP contribution is -2.37. The van der Waals surface area contributed by atoms with Crippen LogP contribution in [0.25, 0.3) is 0 Å². The molecule has 0 aliphatic carbocycles. The Morgan fingerprint density at radius 3 is 2.29 bits per heavy atom. The Labute approximate surface area is 191 Å². The summed E-state index contributed by atoms with van der Waals surface area (Å²) in [5.41, 5.74) is 4.11. The molecule has 162 valence electrons. The van der Waals surface area contributed by atoms with Crippen LogP contribution >= 0.6 is 22.9 Å². The third kappa shape index (κ3) is 4.89. The van der Waals surface area contributed by atoms with Crippen LogP contribution in [0.4, 0.5) is 10.8 Å². The molecule has 8 heteroatoms. The topological polar surface area (TPSA) is 67.4 Å². The van der Waals surface area contributed by atoms with Crippen molar-refractivity contribution in [2.45, 2.75) is 19.8 Å². The van der Waals surface area contributed by atoms with Gasteiger partial charge in [0.25, 0.3) is 0 Å². The molecule has 4 rings (SSSR count). The number of benzene rings is 2. The second-order valence-electron chi connectivity index (χ2n) is 8.10. The van der Waals surface area contributed by atoms with Gasteiger partial charge < -0.3 is 15.0 Å². The van der Waals surface area contributed by atoms with E-state index in [0.717, 1.165) is 43.1 Å². The minimum Gasteiger partial charge on any atom is -0.378 e. The molecule has 1 N–H and O–H groups in total. The van der Waals surface area contributed by atoms with Crippen LogP contribution in [0, 0.1) is 5.41 Å². The van der Waals surface area contributed by atoms with E-state index < -0.39 is 5.41 Å². The molecule has 0 saturated carbocycles. The Morgan fingerprint density at radius 2 is 1.71 bits per heavy atom. The number of halogens is 1. The van der Waals surface area contributed by atoms with Crippen molar-refractivity contribution in [2.24, 2.45) is 5.41 Å². The monoisotopic (exact) mass is 456 g/mol. The fourth-order valence-electron chi connectivity index (χ4n) is 4.00. The predicted octanol–water partition coefficient (Wildman–Crippen LogP) is 4.82. The van der Waals surface area contributed by atoms with Gasteiger partial charge in [0.15, 0.2) is 0 Å². The van der Waals surface area contributed by atoms with Crippen molar-refractivity contribution >= 4 is 39.7 Å². The highest BCUT2D eigenvalue weighted by atomic mass is 35.5. The molecule has 0 bridgehead atoms. The molecular formula is C23H25ClN4O2S. The van der Waals surface area contributed by atoms with Crippen molar-refractivity contribution in [3.05, 3.63) is 70.2 Å². The summed E-state index contributed by atoms with van der Waals surface area (Å²) in [6, 6.07) is 16.2. The molecule has 6 nitrogen and oxygen atoms in total. The average molecular weight is 457 g/mol. The Kier molecular flexibility index (Phi) is 6.55. The van der Waals surface area contributed by atoms with Gasteiger partial charge in [-0.3, -0.25) is 4.79 Å². The van der Waals surface area contributed by atoms with E-state index in [2.05, 4.69) is 44.7 Å². The van der Waals surface area contributed by atoms with Crippen molar-refractivity contribution in [2.75, 3.05) is 36.5 Å². The quantitative estimate of drug-likeness (QED) is 0.575. The van der Waals surface area contributed by atoms with Gasteiger partial charge in [0.05, 0.1) is 18.6 Å². The first-order chi connectivity index (χ1) is 14.9. The minimum atomic E-state index is -0.750. The zero-order valence-corrected chi connectivity index (χ0v) is 19.1. The summed E-state index contributed by atoms with van der Waals surface area (Å²) < 4.78 is 5.46. The Morgan fingerprint density at radius 1 is 1.10 bits per heavy atom. The maximum absolute atomic E-state index is 13.3. The number of rotatable bonds is 6. The average Bonchev–Trinajstić information content (AvgIpc) is 3.29. The number of hydrogen-bond donors (Lipinski definition) is 1. The predicted molar refractivity (Wildman–Crippen MR) is 125 cm³/mol. The number of nitrogens with zero attached hydrogens (tertiary/aromatic N) is 3. The first-order valence-electron chi connectivity index (χ1n) is 10.2. The Hall–Kier alpha value is -2.48. The minimum absolute atomic E-state index is 0.110. The van der Waals surface area contributed by atoms with E-state index in [4.69, 9.17) is 16.3 Å². The van der Waals surface area contributed by atoms with E-state index in [9.17, 15) is 4.79 Å². The summed E-state index contributed by atoms with van der Waals surface area (Å²) >= 11 is 7.44. The van der Waals surface area contributed by atoms with E-state index in [1.807, 2.05) is 38.1 Å². The van der Waals surface area contributed by atoms with Crippen molar-refractivity contribution in [1.29, 1.82) is 0 Å². The standard InChI is InChI=1S/C23H25ClN4O2S/c1-23(2,21(29)26-22-27-25-15-31-22)20(16-3-7-18(24)8-4-16)17-5-9-19(10-6-17)28-11-13-30-14-12-28/h3-10,15,20H,11-14H2,1-2H3,(H,26,27,29). The van der Waals surface area contributed by atoms with Crippen molar-refractivity contribution < 1.29 is 9.53 Å². The third-order valence-electron chi connectivity index (χ3n) is 5.69. The molecule has 1 atom stereocenters. The Balaban J connectivity index is 1.67. The van der Waals surface area contributed by atoms with Gasteiger partial charge in [-0.15, -0.1) is 10.2 Å². The Bertz CT molecular complexity index is 1000. The number of nitrogens with one attached hydrogen (secondary N) is 1. The van der Waals surface area contributed by atoms with E-state index >= 15 is 0 Å². The van der Waals surface area contributed by atoms with E-state index in [0.29, 0.717) is 10.2 Å². The zero-order valence-electron chi connectivity index (χ0n) is 17.5. The number of ether oxygens (including phenoxy) is 1. The van der Waals surface area contributed by atoms with Gasteiger partial charge in [0, 0.05) is 29.7 Å². The molecule has 31 heavy (non-hydrogen) atoms. The molecule has 3 aromatic rings. The zero-order chi connectivity index (χ0) is 21.8. The summed E-state index contributed by atoms with van der Waals surface area (Å²) in [7, 11) is 0. The van der Waals surface area contributed by atoms with Gasteiger partial charge in [0.1, 0.15) is 5.51 Å². The summed E-state index contributed by atoms with van der Waals surface area (Å²) in [6.45, 7) is 7.17. The molecule has 1 saturated heterocycles. The maximum atomic E-state index is 13.3. The van der Waals surface area contributed by atoms with E-state index in [1.54, 1.807) is 5.51 Å². The third-order valence-corrected chi connectivity index (χ3v) is 6.55. The second-order valence-corrected chi connectivity index (χ2v) is 9.36. The SMILES string of the molecule is CC(C)(C(=O)Nc1nncs1)C(c1ccc(Cl)cc1)c1ccc(N2CCOCC2)cc1. The summed E-state index contributed by atoms with van der Waals surface area (Å²) in [6.07, 6.45) is 0. The number of morpholine rings is 1. The normalized spacial score (nSPS) is 15.5. The van der Waals surface area contributed by atoms with Gasteiger partial charge in [-0.25, -0.2) is 0 Å². The highest BCUT2D eigenvalue weighted by Crippen LogP contribution is 2.42. The summed E-state index contributed by atoms with van der Waals surface area (Å²) in [5, 5.41) is 11.8. The van der Waals surface area contributed by atoms with Gasteiger partial charge in [-0.05, 0) is 35.4 Å².